The fourth-order valence-electron chi connectivity index (χ4n) is 4.67. The van der Waals surface area contributed by atoms with E-state index in [1.807, 2.05) is 0 Å². The van der Waals surface area contributed by atoms with Crippen LogP contribution < -0.4 is 9.47 Å². The molecule has 3 aromatic rings. The molecule has 1 aromatic heterocycles. The van der Waals surface area contributed by atoms with Crippen molar-refractivity contribution in [2.75, 3.05) is 20.3 Å². The number of hydrogen-bond donors (Lipinski definition) is 0. The Balaban J connectivity index is 1.85. The average Bonchev–Trinajstić information content (AvgIpc) is 3.01. The number of ketones is 1. The smallest absolute Gasteiger partial charge is 0.338 e. The first-order valence-corrected chi connectivity index (χ1v) is 14.5. The maximum absolute atomic E-state index is 13.3. The van der Waals surface area contributed by atoms with Crippen LogP contribution in [0.4, 0.5) is 0 Å². The summed E-state index contributed by atoms with van der Waals surface area (Å²) in [7, 11) is 1.36. The molecule has 45 heavy (non-hydrogen) atoms. The second-order valence-corrected chi connectivity index (χ2v) is 10.1. The number of nitrogens with zero attached hydrogens (tertiary/aromatic N) is 1. The molecule has 238 valence electrons. The van der Waals surface area contributed by atoms with Crippen LogP contribution in [0.15, 0.2) is 60.8 Å². The summed E-state index contributed by atoms with van der Waals surface area (Å²) in [6, 6.07) is 15.0. The van der Waals surface area contributed by atoms with Crippen molar-refractivity contribution in [2.45, 2.75) is 53.1 Å². The van der Waals surface area contributed by atoms with Crippen molar-refractivity contribution in [3.63, 3.8) is 0 Å². The number of aromatic nitrogens is 1. The SMILES string of the molecule is CCOC(=O)c1ccc(C(c2ccc(C(=O)OCC)cc2)[C@H](C)OC(=O)[C@H](C)CC(=O)c2nccc(OC)c2OC(C)=O)cc1. The molecule has 1 heterocycles. The zero-order valence-corrected chi connectivity index (χ0v) is 26.2. The third-order valence-electron chi connectivity index (χ3n) is 6.83. The number of ether oxygens (including phenoxy) is 5. The van der Waals surface area contributed by atoms with Gasteiger partial charge in [-0.25, -0.2) is 14.6 Å². The number of pyridine rings is 1. The molecule has 0 N–H and O–H groups in total. The second kappa shape index (κ2) is 16.1. The van der Waals surface area contributed by atoms with Crippen LogP contribution in [0.2, 0.25) is 0 Å². The highest BCUT2D eigenvalue weighted by Gasteiger charge is 2.30. The molecule has 0 saturated carbocycles. The summed E-state index contributed by atoms with van der Waals surface area (Å²) < 4.78 is 26.4. The van der Waals surface area contributed by atoms with E-state index in [0.717, 1.165) is 11.1 Å². The Morgan fingerprint density at radius 2 is 1.29 bits per heavy atom. The number of esters is 4. The van der Waals surface area contributed by atoms with Gasteiger partial charge in [-0.3, -0.25) is 14.4 Å². The molecular formula is C34H37NO10. The highest BCUT2D eigenvalue weighted by Crippen LogP contribution is 2.33. The molecule has 11 nitrogen and oxygen atoms in total. The minimum absolute atomic E-state index is 0.121. The van der Waals surface area contributed by atoms with Crippen LogP contribution in [-0.4, -0.2) is 61.1 Å². The topological polar surface area (TPSA) is 144 Å². The van der Waals surface area contributed by atoms with Crippen LogP contribution in [0.1, 0.15) is 89.3 Å². The molecule has 2 aromatic carbocycles. The van der Waals surface area contributed by atoms with Gasteiger partial charge in [-0.2, -0.15) is 0 Å². The Labute approximate surface area is 261 Å². The molecule has 0 unspecified atom stereocenters. The predicted octanol–water partition coefficient (Wildman–Crippen LogP) is 5.34. The number of Topliss-reactive ketones (excluding diaryl/α,β-unsaturated/α-hetero) is 1. The van der Waals surface area contributed by atoms with E-state index in [-0.39, 0.29) is 36.8 Å². The van der Waals surface area contributed by atoms with Crippen LogP contribution in [-0.2, 0) is 23.8 Å². The lowest BCUT2D eigenvalue weighted by Crippen LogP contribution is -2.28. The number of carbonyl (C=O) groups excluding carboxylic acids is 5. The monoisotopic (exact) mass is 619 g/mol. The van der Waals surface area contributed by atoms with E-state index in [4.69, 9.17) is 23.7 Å². The highest BCUT2D eigenvalue weighted by atomic mass is 16.6. The summed E-state index contributed by atoms with van der Waals surface area (Å²) in [5.74, 6) is -4.10. The summed E-state index contributed by atoms with van der Waals surface area (Å²) in [4.78, 5) is 66.5. The lowest BCUT2D eigenvalue weighted by molar-refractivity contribution is -0.153. The van der Waals surface area contributed by atoms with Crippen molar-refractivity contribution >= 4 is 29.7 Å². The summed E-state index contributed by atoms with van der Waals surface area (Å²) in [5.41, 5.74) is 2.07. The Hall–Kier alpha value is -5.06. The van der Waals surface area contributed by atoms with Gasteiger partial charge < -0.3 is 23.7 Å². The molecule has 0 aliphatic heterocycles. The Morgan fingerprint density at radius 1 is 0.778 bits per heavy atom. The summed E-state index contributed by atoms with van der Waals surface area (Å²) >= 11 is 0. The fourth-order valence-corrected chi connectivity index (χ4v) is 4.67. The molecule has 0 aliphatic carbocycles. The molecular weight excluding hydrogens is 582 g/mol. The van der Waals surface area contributed by atoms with Crippen molar-refractivity contribution in [1.29, 1.82) is 0 Å². The van der Waals surface area contributed by atoms with Gasteiger partial charge in [0, 0.05) is 31.5 Å². The maximum Gasteiger partial charge on any atom is 0.338 e. The third kappa shape index (κ3) is 8.98. The van der Waals surface area contributed by atoms with E-state index in [1.54, 1.807) is 76.2 Å². The zero-order valence-electron chi connectivity index (χ0n) is 26.2. The number of benzene rings is 2. The Kier molecular flexibility index (Phi) is 12.3. The summed E-state index contributed by atoms with van der Waals surface area (Å²) in [6.45, 7) is 8.38. The minimum atomic E-state index is -0.879. The largest absolute Gasteiger partial charge is 0.493 e. The molecule has 0 aliphatic rings. The van der Waals surface area contributed by atoms with E-state index in [9.17, 15) is 24.0 Å². The van der Waals surface area contributed by atoms with Crippen molar-refractivity contribution in [1.82, 2.24) is 4.98 Å². The first kappa shape index (κ1) is 34.4. The minimum Gasteiger partial charge on any atom is -0.493 e. The molecule has 2 atom stereocenters. The van der Waals surface area contributed by atoms with E-state index >= 15 is 0 Å². The van der Waals surface area contributed by atoms with Crippen LogP contribution >= 0.6 is 0 Å². The lowest BCUT2D eigenvalue weighted by Gasteiger charge is -2.26. The van der Waals surface area contributed by atoms with E-state index in [0.29, 0.717) is 11.1 Å². The van der Waals surface area contributed by atoms with E-state index in [2.05, 4.69) is 4.98 Å². The highest BCUT2D eigenvalue weighted by molar-refractivity contribution is 6.00. The van der Waals surface area contributed by atoms with Crippen LogP contribution in [0.3, 0.4) is 0 Å². The van der Waals surface area contributed by atoms with Gasteiger partial charge in [-0.05, 0) is 56.2 Å². The molecule has 0 radical (unpaired) electrons. The normalized spacial score (nSPS) is 12.1. The maximum atomic E-state index is 13.3. The average molecular weight is 620 g/mol. The van der Waals surface area contributed by atoms with Crippen molar-refractivity contribution in [3.05, 3.63) is 88.7 Å². The molecule has 0 spiro atoms. The number of methoxy groups -OCH3 is 1. The van der Waals surface area contributed by atoms with Gasteiger partial charge in [0.1, 0.15) is 6.10 Å². The molecule has 0 amide bonds. The lowest BCUT2D eigenvalue weighted by atomic mass is 9.86. The quantitative estimate of drug-likeness (QED) is 0.131. The first-order valence-electron chi connectivity index (χ1n) is 14.5. The predicted molar refractivity (Wildman–Crippen MR) is 162 cm³/mol. The first-order chi connectivity index (χ1) is 21.5. The van der Waals surface area contributed by atoms with Crippen molar-refractivity contribution in [3.8, 4) is 11.5 Å². The van der Waals surface area contributed by atoms with Gasteiger partial charge in [0.2, 0.25) is 5.75 Å². The third-order valence-corrected chi connectivity index (χ3v) is 6.83. The molecule has 3 rings (SSSR count). The second-order valence-electron chi connectivity index (χ2n) is 10.1. The Morgan fingerprint density at radius 3 is 1.73 bits per heavy atom. The van der Waals surface area contributed by atoms with Gasteiger partial charge in [-0.1, -0.05) is 31.2 Å². The standard InChI is InChI=1S/C34H37NO10/c1-7-42-33(39)25-13-9-23(10-14-25)29(24-11-15-26(16-12-24)34(40)43-8-2)21(4)44-32(38)20(3)19-27(37)30-31(45-22(5)36)28(41-6)17-18-35-30/h9-18,20-21,29H,7-8,19H2,1-6H3/t20-,21+/m1/s1. The van der Waals surface area contributed by atoms with Gasteiger partial charge in [0.05, 0.1) is 37.4 Å². The van der Waals surface area contributed by atoms with Crippen molar-refractivity contribution in [2.24, 2.45) is 5.92 Å². The molecule has 0 saturated heterocycles. The summed E-state index contributed by atoms with van der Waals surface area (Å²) in [6.07, 6.45) is 0.339. The molecule has 0 fully saturated rings. The van der Waals surface area contributed by atoms with Gasteiger partial charge in [-0.15, -0.1) is 0 Å². The van der Waals surface area contributed by atoms with Crippen LogP contribution in [0, 0.1) is 5.92 Å². The summed E-state index contributed by atoms with van der Waals surface area (Å²) in [5, 5.41) is 0. The van der Waals surface area contributed by atoms with Crippen LogP contribution in [0.25, 0.3) is 0 Å². The van der Waals surface area contributed by atoms with Gasteiger partial charge >= 0.3 is 23.9 Å². The van der Waals surface area contributed by atoms with Crippen LogP contribution in [0.5, 0.6) is 11.5 Å². The fraction of sp³-hybridized carbons (Fsp3) is 0.353. The van der Waals surface area contributed by atoms with Gasteiger partial charge in [0.15, 0.2) is 17.2 Å². The Bertz CT molecular complexity index is 1450. The van der Waals surface area contributed by atoms with E-state index < -0.39 is 47.6 Å². The van der Waals surface area contributed by atoms with Gasteiger partial charge in [0.25, 0.3) is 0 Å². The molecule has 11 heteroatoms. The number of rotatable bonds is 14. The number of hydrogen-bond acceptors (Lipinski definition) is 11. The zero-order chi connectivity index (χ0) is 33.1. The van der Waals surface area contributed by atoms with E-state index in [1.165, 1.54) is 26.3 Å². The number of carbonyl (C=O) groups is 5. The molecule has 0 bridgehead atoms. The van der Waals surface area contributed by atoms with Crippen molar-refractivity contribution < 1.29 is 47.7 Å².